The number of benzene rings is 1. The van der Waals surface area contributed by atoms with E-state index in [0.717, 1.165) is 24.9 Å². The minimum absolute atomic E-state index is 0.124. The number of aliphatic hydroxyl groups is 1. The quantitative estimate of drug-likeness (QED) is 0.662. The highest BCUT2D eigenvalue weighted by atomic mass is 16.5. The van der Waals surface area contributed by atoms with Crippen LogP contribution in [0.1, 0.15) is 23.2 Å². The van der Waals surface area contributed by atoms with Gasteiger partial charge in [-0.3, -0.25) is 0 Å². The van der Waals surface area contributed by atoms with Crippen LogP contribution in [-0.4, -0.2) is 43.7 Å². The number of anilines is 1. The van der Waals surface area contributed by atoms with Crippen LogP contribution in [0.5, 0.6) is 0 Å². The number of aldehydes is 1. The summed E-state index contributed by atoms with van der Waals surface area (Å²) < 4.78 is 4.66. The molecule has 1 aliphatic rings. The highest BCUT2D eigenvalue weighted by Gasteiger charge is 2.28. The lowest BCUT2D eigenvalue weighted by atomic mass is 9.91. The maximum atomic E-state index is 11.4. The molecule has 1 aromatic rings. The number of rotatable bonds is 4. The average molecular weight is 277 g/mol. The van der Waals surface area contributed by atoms with Gasteiger partial charge in [-0.05, 0) is 43.0 Å². The van der Waals surface area contributed by atoms with E-state index in [1.807, 2.05) is 17.0 Å². The maximum absolute atomic E-state index is 11.4. The lowest BCUT2D eigenvalue weighted by Gasteiger charge is -2.37. The molecule has 5 heteroatoms. The highest BCUT2D eigenvalue weighted by molar-refractivity contribution is 5.89. The molecule has 2 rings (SSSR count). The average Bonchev–Trinajstić information content (AvgIpc) is 2.53. The standard InChI is InChI=1S/C15H19NO4/c1-20-15(19)12-2-4-13(5-3-12)16-7-6-11(9-17)8-14(16)10-18/h2-5,10-11,14,17H,6-9H2,1H3. The van der Waals surface area contributed by atoms with Gasteiger partial charge in [0.25, 0.3) is 0 Å². The van der Waals surface area contributed by atoms with Crippen molar-refractivity contribution in [3.8, 4) is 0 Å². The fourth-order valence-corrected chi connectivity index (χ4v) is 2.60. The molecule has 2 atom stereocenters. The van der Waals surface area contributed by atoms with Crippen molar-refractivity contribution in [2.75, 3.05) is 25.2 Å². The van der Waals surface area contributed by atoms with Gasteiger partial charge in [0.2, 0.25) is 0 Å². The van der Waals surface area contributed by atoms with Gasteiger partial charge in [0.05, 0.1) is 18.7 Å². The maximum Gasteiger partial charge on any atom is 0.337 e. The van der Waals surface area contributed by atoms with Crippen molar-refractivity contribution in [1.29, 1.82) is 0 Å². The van der Waals surface area contributed by atoms with Gasteiger partial charge in [-0.25, -0.2) is 4.79 Å². The molecule has 2 unspecified atom stereocenters. The molecule has 1 aromatic carbocycles. The SMILES string of the molecule is COC(=O)c1ccc(N2CCC(CO)CC2C=O)cc1. The van der Waals surface area contributed by atoms with Gasteiger partial charge in [-0.15, -0.1) is 0 Å². The summed E-state index contributed by atoms with van der Waals surface area (Å²) in [4.78, 5) is 24.6. The van der Waals surface area contributed by atoms with Crippen molar-refractivity contribution >= 4 is 17.9 Å². The van der Waals surface area contributed by atoms with Gasteiger partial charge in [0.1, 0.15) is 6.29 Å². The lowest BCUT2D eigenvalue weighted by Crippen LogP contribution is -2.44. The molecule has 1 N–H and O–H groups in total. The van der Waals surface area contributed by atoms with Crippen LogP contribution in [-0.2, 0) is 9.53 Å². The van der Waals surface area contributed by atoms with Crippen LogP contribution in [0.4, 0.5) is 5.69 Å². The largest absolute Gasteiger partial charge is 0.465 e. The van der Waals surface area contributed by atoms with Gasteiger partial charge in [-0.1, -0.05) is 0 Å². The van der Waals surface area contributed by atoms with Crippen LogP contribution in [0.2, 0.25) is 0 Å². The first-order chi connectivity index (χ1) is 9.69. The number of piperidine rings is 1. The number of carbonyl (C=O) groups is 2. The third kappa shape index (κ3) is 2.99. The fourth-order valence-electron chi connectivity index (χ4n) is 2.60. The van der Waals surface area contributed by atoms with Crippen LogP contribution in [0.25, 0.3) is 0 Å². The molecular weight excluding hydrogens is 258 g/mol. The Labute approximate surface area is 118 Å². The van der Waals surface area contributed by atoms with E-state index in [1.165, 1.54) is 7.11 Å². The summed E-state index contributed by atoms with van der Waals surface area (Å²) in [7, 11) is 1.35. The first kappa shape index (κ1) is 14.5. The summed E-state index contributed by atoms with van der Waals surface area (Å²) >= 11 is 0. The molecule has 20 heavy (non-hydrogen) atoms. The van der Waals surface area contributed by atoms with Crippen molar-refractivity contribution in [2.24, 2.45) is 5.92 Å². The number of carbonyl (C=O) groups excluding carboxylic acids is 2. The second kappa shape index (κ2) is 6.52. The fraction of sp³-hybridized carbons (Fsp3) is 0.467. The minimum Gasteiger partial charge on any atom is -0.465 e. The van der Waals surface area contributed by atoms with Gasteiger partial charge in [0.15, 0.2) is 0 Å². The van der Waals surface area contributed by atoms with E-state index >= 15 is 0 Å². The molecule has 1 aliphatic heterocycles. The predicted octanol–water partition coefficient (Wildman–Crippen LogP) is 1.25. The first-order valence-electron chi connectivity index (χ1n) is 6.70. The molecule has 5 nitrogen and oxygen atoms in total. The van der Waals surface area contributed by atoms with E-state index in [9.17, 15) is 14.7 Å². The van der Waals surface area contributed by atoms with Crippen molar-refractivity contribution in [1.82, 2.24) is 0 Å². The molecule has 0 saturated carbocycles. The Bertz CT molecular complexity index is 471. The molecule has 108 valence electrons. The summed E-state index contributed by atoms with van der Waals surface area (Å²) in [5, 5.41) is 9.20. The number of nitrogens with zero attached hydrogens (tertiary/aromatic N) is 1. The minimum atomic E-state index is -0.373. The van der Waals surface area contributed by atoms with Crippen molar-refractivity contribution in [2.45, 2.75) is 18.9 Å². The first-order valence-corrected chi connectivity index (χ1v) is 6.70. The summed E-state index contributed by atoms with van der Waals surface area (Å²) in [6, 6.07) is 6.82. The molecule has 0 bridgehead atoms. The molecular formula is C15H19NO4. The van der Waals surface area contributed by atoms with E-state index in [4.69, 9.17) is 0 Å². The summed E-state index contributed by atoms with van der Waals surface area (Å²) in [6.45, 7) is 0.853. The normalized spacial score (nSPS) is 22.4. The predicted molar refractivity (Wildman–Crippen MR) is 74.8 cm³/mol. The highest BCUT2D eigenvalue weighted by Crippen LogP contribution is 2.27. The molecule has 1 heterocycles. The number of hydrogen-bond donors (Lipinski definition) is 1. The molecule has 1 fully saturated rings. The molecule has 0 aliphatic carbocycles. The summed E-state index contributed by atoms with van der Waals surface area (Å²) in [6.07, 6.45) is 2.45. The van der Waals surface area contributed by atoms with Crippen molar-refractivity contribution < 1.29 is 19.4 Å². The Morgan fingerprint density at radius 3 is 2.70 bits per heavy atom. The smallest absolute Gasteiger partial charge is 0.337 e. The second-order valence-corrected chi connectivity index (χ2v) is 5.01. The Hall–Kier alpha value is -1.88. The monoisotopic (exact) mass is 277 g/mol. The van der Waals surface area contributed by atoms with E-state index in [0.29, 0.717) is 12.0 Å². The van der Waals surface area contributed by atoms with Crippen LogP contribution < -0.4 is 4.90 Å². The Morgan fingerprint density at radius 1 is 1.45 bits per heavy atom. The van der Waals surface area contributed by atoms with Gasteiger partial charge >= 0.3 is 5.97 Å². The van der Waals surface area contributed by atoms with Gasteiger partial charge in [0, 0.05) is 18.8 Å². The van der Waals surface area contributed by atoms with Crippen LogP contribution in [0.3, 0.4) is 0 Å². The van der Waals surface area contributed by atoms with Crippen LogP contribution in [0.15, 0.2) is 24.3 Å². The van der Waals surface area contributed by atoms with Crippen LogP contribution in [0, 0.1) is 5.92 Å². The number of aliphatic hydroxyl groups excluding tert-OH is 1. The molecule has 1 saturated heterocycles. The molecule has 0 spiro atoms. The summed E-state index contributed by atoms with van der Waals surface area (Å²) in [5.41, 5.74) is 1.40. The van der Waals surface area contributed by atoms with Crippen molar-refractivity contribution in [3.05, 3.63) is 29.8 Å². The second-order valence-electron chi connectivity index (χ2n) is 5.01. The van der Waals surface area contributed by atoms with E-state index in [-0.39, 0.29) is 24.5 Å². The van der Waals surface area contributed by atoms with E-state index in [2.05, 4.69) is 4.74 Å². The van der Waals surface area contributed by atoms with E-state index < -0.39 is 0 Å². The third-order valence-corrected chi connectivity index (χ3v) is 3.79. The number of methoxy groups -OCH3 is 1. The molecule has 0 aromatic heterocycles. The Kier molecular flexibility index (Phi) is 4.74. The zero-order valence-electron chi connectivity index (χ0n) is 11.5. The zero-order valence-corrected chi connectivity index (χ0v) is 11.5. The van der Waals surface area contributed by atoms with Gasteiger partial charge in [-0.2, -0.15) is 0 Å². The summed E-state index contributed by atoms with van der Waals surface area (Å²) in [5.74, 6) is -0.182. The number of ether oxygens (including phenoxy) is 1. The Morgan fingerprint density at radius 2 is 2.15 bits per heavy atom. The van der Waals surface area contributed by atoms with Crippen molar-refractivity contribution in [3.63, 3.8) is 0 Å². The van der Waals surface area contributed by atoms with Gasteiger partial charge < -0.3 is 19.5 Å². The van der Waals surface area contributed by atoms with Crippen LogP contribution >= 0.6 is 0 Å². The Balaban J connectivity index is 2.14. The topological polar surface area (TPSA) is 66.8 Å². The number of hydrogen-bond acceptors (Lipinski definition) is 5. The lowest BCUT2D eigenvalue weighted by molar-refractivity contribution is -0.109. The molecule has 0 radical (unpaired) electrons. The number of esters is 1. The zero-order chi connectivity index (χ0) is 14.5. The third-order valence-electron chi connectivity index (χ3n) is 3.79. The molecule has 0 amide bonds. The van der Waals surface area contributed by atoms with E-state index in [1.54, 1.807) is 12.1 Å².